The highest BCUT2D eigenvalue weighted by atomic mass is 16.5. The number of nitrogens with zero attached hydrogens (tertiary/aromatic N) is 3. The van der Waals surface area contributed by atoms with Crippen molar-refractivity contribution in [2.75, 3.05) is 26.2 Å². The van der Waals surface area contributed by atoms with Crippen molar-refractivity contribution in [3.63, 3.8) is 0 Å². The van der Waals surface area contributed by atoms with Crippen molar-refractivity contribution in [1.82, 2.24) is 19.6 Å². The van der Waals surface area contributed by atoms with E-state index in [0.29, 0.717) is 18.8 Å². The third-order valence-electron chi connectivity index (χ3n) is 4.08. The molecular weight excluding hydrogens is 304 g/mol. The second-order valence-electron chi connectivity index (χ2n) is 5.80. The number of pyridine rings is 1. The zero-order chi connectivity index (χ0) is 17.5. The van der Waals surface area contributed by atoms with Crippen LogP contribution >= 0.6 is 0 Å². The van der Waals surface area contributed by atoms with Crippen LogP contribution in [0.1, 0.15) is 45.9 Å². The second-order valence-corrected chi connectivity index (χ2v) is 5.80. The molecule has 1 amide bonds. The van der Waals surface area contributed by atoms with Gasteiger partial charge in [-0.05, 0) is 45.9 Å². The van der Waals surface area contributed by atoms with E-state index >= 15 is 0 Å². The number of hydrogen-bond donors (Lipinski definition) is 1. The molecule has 6 nitrogen and oxygen atoms in total. The Morgan fingerprint density at radius 1 is 1.38 bits per heavy atom. The molecule has 24 heavy (non-hydrogen) atoms. The Morgan fingerprint density at radius 3 is 2.79 bits per heavy atom. The van der Waals surface area contributed by atoms with Crippen LogP contribution in [0.25, 0.3) is 5.65 Å². The lowest BCUT2D eigenvalue weighted by Gasteiger charge is -2.18. The minimum Gasteiger partial charge on any atom is -0.480 e. The molecule has 0 fully saturated rings. The summed E-state index contributed by atoms with van der Waals surface area (Å²) in [5, 5.41) is 3.43. The Bertz CT molecular complexity index is 664. The van der Waals surface area contributed by atoms with Crippen LogP contribution in [-0.2, 0) is 4.79 Å². The number of rotatable bonds is 9. The lowest BCUT2D eigenvalue weighted by atomic mass is 10.2. The van der Waals surface area contributed by atoms with Crippen LogP contribution < -0.4 is 10.1 Å². The average Bonchev–Trinajstić information content (AvgIpc) is 3.03. The van der Waals surface area contributed by atoms with E-state index < -0.39 is 0 Å². The first-order valence-corrected chi connectivity index (χ1v) is 8.72. The number of carbonyl (C=O) groups is 1. The fourth-order valence-electron chi connectivity index (χ4n) is 2.60. The van der Waals surface area contributed by atoms with Gasteiger partial charge in [-0.25, -0.2) is 4.98 Å². The second kappa shape index (κ2) is 8.68. The van der Waals surface area contributed by atoms with Crippen LogP contribution in [0.5, 0.6) is 5.75 Å². The molecule has 0 saturated heterocycles. The number of nitrogens with one attached hydrogen (secondary N) is 1. The van der Waals surface area contributed by atoms with Crippen molar-refractivity contribution in [3.8, 4) is 5.75 Å². The highest BCUT2D eigenvalue weighted by Gasteiger charge is 2.14. The number of carbonyl (C=O) groups excluding carboxylic acids is 1. The van der Waals surface area contributed by atoms with Crippen molar-refractivity contribution < 1.29 is 9.53 Å². The monoisotopic (exact) mass is 332 g/mol. The van der Waals surface area contributed by atoms with Crippen LogP contribution in [0.2, 0.25) is 0 Å². The Kier molecular flexibility index (Phi) is 6.61. The fraction of sp³-hybridized carbons (Fsp3) is 0.556. The molecule has 0 aromatic carbocycles. The van der Waals surface area contributed by atoms with E-state index in [1.165, 1.54) is 0 Å². The van der Waals surface area contributed by atoms with Gasteiger partial charge in [0, 0.05) is 31.5 Å². The van der Waals surface area contributed by atoms with Crippen molar-refractivity contribution in [3.05, 3.63) is 30.2 Å². The predicted molar refractivity (Wildman–Crippen MR) is 95.3 cm³/mol. The van der Waals surface area contributed by atoms with Crippen molar-refractivity contribution >= 4 is 11.6 Å². The summed E-state index contributed by atoms with van der Waals surface area (Å²) in [5.74, 6) is 0.624. The highest BCUT2D eigenvalue weighted by molar-refractivity contribution is 5.78. The number of amides is 1. The first-order valence-electron chi connectivity index (χ1n) is 8.72. The lowest BCUT2D eigenvalue weighted by molar-refractivity contribution is -0.132. The average molecular weight is 332 g/mol. The molecular formula is C18H28N4O2. The smallest absolute Gasteiger partial charge is 0.260 e. The summed E-state index contributed by atoms with van der Waals surface area (Å²) in [5.41, 5.74) is 1.71. The van der Waals surface area contributed by atoms with E-state index in [1.54, 1.807) is 4.90 Å². The molecule has 0 spiro atoms. The summed E-state index contributed by atoms with van der Waals surface area (Å²) in [7, 11) is 0. The minimum atomic E-state index is -0.00763. The molecule has 1 unspecified atom stereocenters. The summed E-state index contributed by atoms with van der Waals surface area (Å²) < 4.78 is 7.69. The van der Waals surface area contributed by atoms with Gasteiger partial charge in [0.1, 0.15) is 0 Å². The summed E-state index contributed by atoms with van der Waals surface area (Å²) >= 11 is 0. The zero-order valence-corrected chi connectivity index (χ0v) is 15.1. The molecule has 1 N–H and O–H groups in total. The van der Waals surface area contributed by atoms with Crippen LogP contribution in [-0.4, -0.2) is 46.4 Å². The number of aromatic nitrogens is 2. The molecule has 2 aromatic rings. The number of hydrogen-bond acceptors (Lipinski definition) is 4. The van der Waals surface area contributed by atoms with Crippen molar-refractivity contribution in [1.29, 1.82) is 0 Å². The minimum absolute atomic E-state index is 0.00763. The Hall–Kier alpha value is -2.08. The maximum absolute atomic E-state index is 12.1. The van der Waals surface area contributed by atoms with Crippen molar-refractivity contribution in [2.24, 2.45) is 0 Å². The molecule has 1 atom stereocenters. The molecule has 2 aromatic heterocycles. The number of fused-ring (bicyclic) bond motifs is 1. The highest BCUT2D eigenvalue weighted by Crippen LogP contribution is 2.21. The van der Waals surface area contributed by atoms with Gasteiger partial charge < -0.3 is 19.4 Å². The normalized spacial score (nSPS) is 12.3. The third kappa shape index (κ3) is 4.26. The Labute approximate surface area is 143 Å². The first kappa shape index (κ1) is 18.3. The molecule has 0 aliphatic rings. The molecule has 0 bridgehead atoms. The summed E-state index contributed by atoms with van der Waals surface area (Å²) in [6.07, 6.45) is 5.03. The van der Waals surface area contributed by atoms with Gasteiger partial charge >= 0.3 is 0 Å². The third-order valence-corrected chi connectivity index (χ3v) is 4.08. The molecule has 132 valence electrons. The van der Waals surface area contributed by atoms with Gasteiger partial charge in [0.2, 0.25) is 0 Å². The van der Waals surface area contributed by atoms with Crippen LogP contribution in [0.15, 0.2) is 24.5 Å². The Morgan fingerprint density at radius 2 is 2.12 bits per heavy atom. The zero-order valence-electron chi connectivity index (χ0n) is 15.1. The molecule has 2 rings (SSSR count). The lowest BCUT2D eigenvalue weighted by Crippen LogP contribution is -2.34. The molecule has 2 heterocycles. The van der Waals surface area contributed by atoms with E-state index in [9.17, 15) is 4.79 Å². The largest absolute Gasteiger partial charge is 0.480 e. The number of likely N-dealkylation sites (N-methyl/N-ethyl adjacent to an activating group) is 1. The van der Waals surface area contributed by atoms with E-state index in [1.807, 2.05) is 42.8 Å². The van der Waals surface area contributed by atoms with Gasteiger partial charge in [-0.1, -0.05) is 6.92 Å². The molecule has 6 heteroatoms. The quantitative estimate of drug-likeness (QED) is 0.767. The predicted octanol–water partition coefficient (Wildman–Crippen LogP) is 2.64. The van der Waals surface area contributed by atoms with E-state index in [4.69, 9.17) is 4.74 Å². The number of imidazole rings is 1. The van der Waals surface area contributed by atoms with Gasteiger partial charge in [0.25, 0.3) is 5.91 Å². The summed E-state index contributed by atoms with van der Waals surface area (Å²) in [6.45, 7) is 10.5. The van der Waals surface area contributed by atoms with Gasteiger partial charge in [0.15, 0.2) is 18.0 Å². The maximum Gasteiger partial charge on any atom is 0.260 e. The van der Waals surface area contributed by atoms with E-state index in [2.05, 4.69) is 24.1 Å². The maximum atomic E-state index is 12.1. The van der Waals surface area contributed by atoms with Crippen LogP contribution in [0.3, 0.4) is 0 Å². The van der Waals surface area contributed by atoms with Crippen LogP contribution in [0, 0.1) is 0 Å². The molecule has 0 saturated carbocycles. The summed E-state index contributed by atoms with van der Waals surface area (Å²) in [6, 6.07) is 3.93. The molecule has 0 aliphatic heterocycles. The topological polar surface area (TPSA) is 58.9 Å². The first-order chi connectivity index (χ1) is 11.6. The van der Waals surface area contributed by atoms with Gasteiger partial charge in [-0.2, -0.15) is 0 Å². The van der Waals surface area contributed by atoms with E-state index in [0.717, 1.165) is 24.3 Å². The summed E-state index contributed by atoms with van der Waals surface area (Å²) in [4.78, 5) is 18.5. The Balaban J connectivity index is 2.13. The SMILES string of the molecule is CCCNC(C)c1cn2cccc(OCC(=O)N(CC)CC)c2n1. The number of ether oxygens (including phenoxy) is 1. The van der Waals surface area contributed by atoms with Gasteiger partial charge in [-0.3, -0.25) is 4.79 Å². The molecule has 0 radical (unpaired) electrons. The van der Waals surface area contributed by atoms with Crippen molar-refractivity contribution in [2.45, 2.75) is 40.2 Å². The van der Waals surface area contributed by atoms with Gasteiger partial charge in [-0.15, -0.1) is 0 Å². The fourth-order valence-corrected chi connectivity index (χ4v) is 2.60. The van der Waals surface area contributed by atoms with Crippen LogP contribution in [0.4, 0.5) is 0 Å². The van der Waals surface area contributed by atoms with Gasteiger partial charge in [0.05, 0.1) is 5.69 Å². The molecule has 0 aliphatic carbocycles. The van der Waals surface area contributed by atoms with E-state index in [-0.39, 0.29) is 18.6 Å². The standard InChI is InChI=1S/C18H28N4O2/c1-5-10-19-14(4)15-12-22-11-8-9-16(18(22)20-15)24-13-17(23)21(6-2)7-3/h8-9,11-12,14,19H,5-7,10,13H2,1-4H3.